The lowest BCUT2D eigenvalue weighted by Gasteiger charge is -2.03. The van der Waals surface area contributed by atoms with E-state index in [0.717, 1.165) is 18.6 Å². The number of hydrogen-bond acceptors (Lipinski definition) is 5. The van der Waals surface area contributed by atoms with Gasteiger partial charge in [0.2, 0.25) is 15.9 Å². The van der Waals surface area contributed by atoms with Crippen molar-refractivity contribution in [3.8, 4) is 0 Å². The number of sulfonamides is 1. The number of hydrogen-bond donors (Lipinski definition) is 1. The molecule has 72 valence electrons. The Labute approximate surface area is 74.2 Å². The summed E-state index contributed by atoms with van der Waals surface area (Å²) >= 11 is 0. The second-order valence-corrected chi connectivity index (χ2v) is 4.07. The fourth-order valence-corrected chi connectivity index (χ4v) is 1.21. The van der Waals surface area contributed by atoms with Crippen molar-refractivity contribution in [1.29, 1.82) is 0 Å². The van der Waals surface area contributed by atoms with Gasteiger partial charge in [0.15, 0.2) is 0 Å². The average Bonchev–Trinajstić information content (AvgIpc) is 2.31. The fourth-order valence-electron chi connectivity index (χ4n) is 0.717. The van der Waals surface area contributed by atoms with E-state index in [4.69, 9.17) is 0 Å². The van der Waals surface area contributed by atoms with E-state index in [9.17, 15) is 18.3 Å². The molecule has 0 aliphatic carbocycles. The minimum Gasteiger partial charge on any atom is -0.545 e. The van der Waals surface area contributed by atoms with Crippen molar-refractivity contribution in [3.63, 3.8) is 0 Å². The Kier molecular flexibility index (Phi) is 2.28. The topological polar surface area (TPSA) is 99.4 Å². The average molecular weight is 204 g/mol. The maximum atomic E-state index is 10.7. The van der Waals surface area contributed by atoms with Gasteiger partial charge < -0.3 is 14.3 Å². The summed E-state index contributed by atoms with van der Waals surface area (Å²) in [4.78, 5) is 10.4. The van der Waals surface area contributed by atoms with Crippen LogP contribution in [-0.2, 0) is 10.0 Å². The van der Waals surface area contributed by atoms with E-state index in [1.54, 1.807) is 0 Å². The lowest BCUT2D eigenvalue weighted by molar-refractivity contribution is -0.254. The first kappa shape index (κ1) is 9.59. The third-order valence-electron chi connectivity index (χ3n) is 1.16. The smallest absolute Gasteiger partial charge is 0.232 e. The maximum absolute atomic E-state index is 10.7. The van der Waals surface area contributed by atoms with Crippen LogP contribution < -0.4 is 9.83 Å². The number of carboxylic acids is 1. The van der Waals surface area contributed by atoms with Gasteiger partial charge in [-0.2, -0.15) is 0 Å². The van der Waals surface area contributed by atoms with Crippen molar-refractivity contribution in [2.24, 2.45) is 0 Å². The van der Waals surface area contributed by atoms with Gasteiger partial charge >= 0.3 is 0 Å². The summed E-state index contributed by atoms with van der Waals surface area (Å²) in [5, 5.41) is 10.4. The molecule has 1 N–H and O–H groups in total. The van der Waals surface area contributed by atoms with Crippen LogP contribution >= 0.6 is 0 Å². The predicted molar refractivity (Wildman–Crippen MR) is 41.5 cm³/mol. The maximum Gasteiger partial charge on any atom is 0.232 e. The summed E-state index contributed by atoms with van der Waals surface area (Å²) < 4.78 is 27.9. The van der Waals surface area contributed by atoms with Gasteiger partial charge in [-0.15, -0.1) is 0 Å². The van der Waals surface area contributed by atoms with Gasteiger partial charge in [0, 0.05) is 0 Å². The summed E-state index contributed by atoms with van der Waals surface area (Å²) in [5.41, 5.74) is -0.328. The highest BCUT2D eigenvalue weighted by molar-refractivity contribution is 7.92. The van der Waals surface area contributed by atoms with E-state index in [1.807, 2.05) is 4.72 Å². The first-order chi connectivity index (χ1) is 5.90. The lowest BCUT2D eigenvalue weighted by Crippen LogP contribution is -2.23. The molecule has 6 nitrogen and oxygen atoms in total. The lowest BCUT2D eigenvalue weighted by atomic mass is 10.3. The molecule has 0 spiro atoms. The quantitative estimate of drug-likeness (QED) is 0.681. The van der Waals surface area contributed by atoms with Crippen LogP contribution in [0.15, 0.2) is 16.7 Å². The summed E-state index contributed by atoms with van der Waals surface area (Å²) in [5.74, 6) is -1.84. The highest BCUT2D eigenvalue weighted by atomic mass is 32.2. The van der Waals surface area contributed by atoms with Crippen LogP contribution in [-0.4, -0.2) is 20.6 Å². The first-order valence-electron chi connectivity index (χ1n) is 3.17. The Balaban J connectivity index is 3.02. The summed E-state index contributed by atoms with van der Waals surface area (Å²) in [6.07, 6.45) is 1.94. The number of furan rings is 1. The number of carbonyl (C=O) groups is 1. The monoisotopic (exact) mass is 204 g/mol. The van der Waals surface area contributed by atoms with E-state index in [0.29, 0.717) is 0 Å². The molecule has 0 aromatic carbocycles. The zero-order valence-corrected chi connectivity index (χ0v) is 7.42. The highest BCUT2D eigenvalue weighted by Gasteiger charge is 2.10. The Bertz CT molecular complexity index is 418. The van der Waals surface area contributed by atoms with Crippen molar-refractivity contribution >= 4 is 21.9 Å². The van der Waals surface area contributed by atoms with E-state index in [1.165, 1.54) is 0 Å². The zero-order chi connectivity index (χ0) is 10.1. The fraction of sp³-hybridized carbons (Fsp3) is 0.167. The van der Waals surface area contributed by atoms with Gasteiger partial charge in [0.25, 0.3) is 0 Å². The molecular weight excluding hydrogens is 198 g/mol. The normalized spacial score (nSPS) is 11.2. The van der Waals surface area contributed by atoms with E-state index < -0.39 is 16.0 Å². The van der Waals surface area contributed by atoms with Crippen LogP contribution in [0.3, 0.4) is 0 Å². The summed E-state index contributed by atoms with van der Waals surface area (Å²) in [6, 6.07) is 1.10. The molecule has 0 saturated carbocycles. The second kappa shape index (κ2) is 3.09. The highest BCUT2D eigenvalue weighted by Crippen LogP contribution is 2.16. The van der Waals surface area contributed by atoms with Gasteiger partial charge in [-0.1, -0.05) is 0 Å². The molecule has 0 bridgehead atoms. The molecule has 0 radical (unpaired) electrons. The van der Waals surface area contributed by atoms with Crippen molar-refractivity contribution in [2.45, 2.75) is 0 Å². The van der Waals surface area contributed by atoms with Crippen LogP contribution in [0.4, 0.5) is 5.88 Å². The largest absolute Gasteiger partial charge is 0.545 e. The molecule has 0 saturated heterocycles. The number of carboxylic acid groups (broad SMARTS) is 1. The molecule has 0 amide bonds. The summed E-state index contributed by atoms with van der Waals surface area (Å²) in [6.45, 7) is 0. The van der Waals surface area contributed by atoms with Gasteiger partial charge in [-0.05, 0) is 6.07 Å². The minimum absolute atomic E-state index is 0.328. The minimum atomic E-state index is -3.54. The van der Waals surface area contributed by atoms with Crippen LogP contribution in [0.25, 0.3) is 0 Å². The SMILES string of the molecule is CS(=O)(=O)Nc1occc1C(=O)[O-]. The van der Waals surface area contributed by atoms with Crippen molar-refractivity contribution < 1.29 is 22.7 Å². The molecule has 0 atom stereocenters. The molecule has 7 heteroatoms. The first-order valence-corrected chi connectivity index (χ1v) is 5.06. The van der Waals surface area contributed by atoms with Gasteiger partial charge in [0.1, 0.15) is 0 Å². The molecule has 1 heterocycles. The molecule has 1 aromatic rings. The standard InChI is InChI=1S/C6H7NO5S/c1-13(10,11)7-5-4(6(8)9)2-3-12-5/h2-3,7H,1H3,(H,8,9)/p-1. The molecule has 1 rings (SSSR count). The van der Waals surface area contributed by atoms with Crippen molar-refractivity contribution in [1.82, 2.24) is 0 Å². The Morgan fingerprint density at radius 2 is 2.23 bits per heavy atom. The van der Waals surface area contributed by atoms with Crippen LogP contribution in [0.2, 0.25) is 0 Å². The van der Waals surface area contributed by atoms with Crippen LogP contribution in [0.1, 0.15) is 10.4 Å². The summed E-state index contributed by atoms with van der Waals surface area (Å²) in [7, 11) is -3.54. The molecular formula is C6H6NO5S-. The van der Waals surface area contributed by atoms with Gasteiger partial charge in [0.05, 0.1) is 24.1 Å². The Morgan fingerprint density at radius 1 is 1.62 bits per heavy atom. The second-order valence-electron chi connectivity index (χ2n) is 2.33. The molecule has 1 aromatic heterocycles. The third kappa shape index (κ3) is 2.48. The molecule has 13 heavy (non-hydrogen) atoms. The van der Waals surface area contributed by atoms with Gasteiger partial charge in [-0.25, -0.2) is 8.42 Å². The number of rotatable bonds is 3. The van der Waals surface area contributed by atoms with E-state index in [2.05, 4.69) is 4.42 Å². The number of nitrogens with one attached hydrogen (secondary N) is 1. The molecule has 0 aliphatic rings. The van der Waals surface area contributed by atoms with Gasteiger partial charge in [-0.3, -0.25) is 4.72 Å². The zero-order valence-electron chi connectivity index (χ0n) is 6.60. The third-order valence-corrected chi connectivity index (χ3v) is 1.72. The van der Waals surface area contributed by atoms with E-state index in [-0.39, 0.29) is 11.4 Å². The number of aromatic carboxylic acids is 1. The van der Waals surface area contributed by atoms with Crippen LogP contribution in [0, 0.1) is 0 Å². The number of anilines is 1. The van der Waals surface area contributed by atoms with E-state index >= 15 is 0 Å². The predicted octanol–water partition coefficient (Wildman–Crippen LogP) is -0.985. The van der Waals surface area contributed by atoms with Crippen LogP contribution in [0.5, 0.6) is 0 Å². The Hall–Kier alpha value is -1.50. The Morgan fingerprint density at radius 3 is 2.69 bits per heavy atom. The number of carbonyl (C=O) groups excluding carboxylic acids is 1. The van der Waals surface area contributed by atoms with Crippen molar-refractivity contribution in [3.05, 3.63) is 17.9 Å². The van der Waals surface area contributed by atoms with Crippen molar-refractivity contribution in [2.75, 3.05) is 11.0 Å². The molecule has 0 aliphatic heterocycles. The molecule has 0 fully saturated rings. The molecule has 0 unspecified atom stereocenters.